The second-order valence-corrected chi connectivity index (χ2v) is 5.46. The summed E-state index contributed by atoms with van der Waals surface area (Å²) in [5.41, 5.74) is 0.682. The molecule has 0 amide bonds. The molecule has 124 valence electrons. The average molecular weight is 319 g/mol. The third-order valence-corrected chi connectivity index (χ3v) is 4.18. The lowest BCUT2D eigenvalue weighted by Gasteiger charge is -2.31. The van der Waals surface area contributed by atoms with Gasteiger partial charge >= 0.3 is 0 Å². The fourth-order valence-electron chi connectivity index (χ4n) is 2.98. The summed E-state index contributed by atoms with van der Waals surface area (Å²) in [6, 6.07) is 1.87. The van der Waals surface area contributed by atoms with Gasteiger partial charge < -0.3 is 24.2 Å². The van der Waals surface area contributed by atoms with E-state index in [1.54, 1.807) is 21.3 Å². The highest BCUT2D eigenvalue weighted by atomic mass is 16.5. The first-order valence-corrected chi connectivity index (χ1v) is 7.56. The van der Waals surface area contributed by atoms with Gasteiger partial charge in [-0.1, -0.05) is 0 Å². The van der Waals surface area contributed by atoms with E-state index in [4.69, 9.17) is 14.2 Å². The summed E-state index contributed by atoms with van der Waals surface area (Å²) in [5.74, 6) is 2.44. The topological polar surface area (TPSA) is 76.9 Å². The lowest BCUT2D eigenvalue weighted by molar-refractivity contribution is 0.145. The maximum absolute atomic E-state index is 9.70. The van der Waals surface area contributed by atoms with Crippen molar-refractivity contribution in [2.75, 3.05) is 39.3 Å². The van der Waals surface area contributed by atoms with Crippen LogP contribution in [-0.2, 0) is 0 Å². The molecule has 1 aromatic heterocycles. The number of hydrogen-bond acceptors (Lipinski definition) is 7. The Morgan fingerprint density at radius 3 is 2.35 bits per heavy atom. The molecule has 2 heterocycles. The largest absolute Gasteiger partial charge is 0.493 e. The number of nitrogens with zero attached hydrogens (tertiary/aromatic N) is 3. The smallest absolute Gasteiger partial charge is 0.205 e. The highest BCUT2D eigenvalue weighted by molar-refractivity contribution is 5.97. The molecule has 1 saturated heterocycles. The summed E-state index contributed by atoms with van der Waals surface area (Å²) in [4.78, 5) is 11.0. The van der Waals surface area contributed by atoms with Crippen LogP contribution in [0.15, 0.2) is 12.4 Å². The highest BCUT2D eigenvalue weighted by Gasteiger charge is 2.24. The summed E-state index contributed by atoms with van der Waals surface area (Å²) < 4.78 is 16.3. The molecule has 23 heavy (non-hydrogen) atoms. The molecule has 0 unspecified atom stereocenters. The van der Waals surface area contributed by atoms with Gasteiger partial charge in [-0.2, -0.15) is 0 Å². The van der Waals surface area contributed by atoms with Gasteiger partial charge in [0.1, 0.15) is 17.7 Å². The predicted octanol–water partition coefficient (Wildman–Crippen LogP) is 1.62. The zero-order chi connectivity index (χ0) is 16.4. The van der Waals surface area contributed by atoms with Crippen LogP contribution in [0.25, 0.3) is 10.9 Å². The van der Waals surface area contributed by atoms with Crippen LogP contribution in [0, 0.1) is 0 Å². The van der Waals surface area contributed by atoms with Crippen LogP contribution >= 0.6 is 0 Å². The molecule has 1 aliphatic heterocycles. The Bertz CT molecular complexity index is 699. The molecule has 1 aromatic carbocycles. The number of rotatable bonds is 4. The number of piperidine rings is 1. The van der Waals surface area contributed by atoms with Gasteiger partial charge in [-0.3, -0.25) is 0 Å². The van der Waals surface area contributed by atoms with Crippen molar-refractivity contribution in [1.82, 2.24) is 9.97 Å². The Kier molecular flexibility index (Phi) is 4.38. The molecule has 0 atom stereocenters. The van der Waals surface area contributed by atoms with E-state index in [2.05, 4.69) is 14.9 Å². The van der Waals surface area contributed by atoms with Gasteiger partial charge in [-0.05, 0) is 18.9 Å². The fourth-order valence-corrected chi connectivity index (χ4v) is 2.98. The summed E-state index contributed by atoms with van der Waals surface area (Å²) in [6.45, 7) is 1.51. The van der Waals surface area contributed by atoms with Gasteiger partial charge in [-0.15, -0.1) is 0 Å². The fraction of sp³-hybridized carbons (Fsp3) is 0.500. The van der Waals surface area contributed by atoms with Crippen LogP contribution in [0.2, 0.25) is 0 Å². The number of benzene rings is 1. The lowest BCUT2D eigenvalue weighted by Crippen LogP contribution is -2.36. The van der Waals surface area contributed by atoms with E-state index >= 15 is 0 Å². The zero-order valence-electron chi connectivity index (χ0n) is 13.6. The second kappa shape index (κ2) is 6.45. The SMILES string of the molecule is COc1cc2c(N3CCC(O)CC3)ncnc2c(OC)c1OC. The maximum Gasteiger partial charge on any atom is 0.205 e. The summed E-state index contributed by atoms with van der Waals surface area (Å²) in [7, 11) is 4.74. The number of ether oxygens (including phenoxy) is 3. The number of aromatic nitrogens is 2. The molecule has 7 heteroatoms. The molecule has 1 aliphatic rings. The molecule has 7 nitrogen and oxygen atoms in total. The minimum absolute atomic E-state index is 0.233. The van der Waals surface area contributed by atoms with Crippen LogP contribution < -0.4 is 19.1 Å². The first-order valence-electron chi connectivity index (χ1n) is 7.56. The number of anilines is 1. The van der Waals surface area contributed by atoms with E-state index in [0.29, 0.717) is 22.8 Å². The molecule has 0 aliphatic carbocycles. The minimum Gasteiger partial charge on any atom is -0.493 e. The molecule has 1 N–H and O–H groups in total. The Hall–Kier alpha value is -2.28. The number of aliphatic hydroxyl groups is 1. The van der Waals surface area contributed by atoms with Gasteiger partial charge in [0.2, 0.25) is 5.75 Å². The molecule has 0 saturated carbocycles. The van der Waals surface area contributed by atoms with E-state index in [-0.39, 0.29) is 6.10 Å². The van der Waals surface area contributed by atoms with Crippen molar-refractivity contribution in [1.29, 1.82) is 0 Å². The van der Waals surface area contributed by atoms with Crippen molar-refractivity contribution < 1.29 is 19.3 Å². The van der Waals surface area contributed by atoms with Crippen molar-refractivity contribution in [2.24, 2.45) is 0 Å². The normalized spacial score (nSPS) is 15.7. The van der Waals surface area contributed by atoms with Gasteiger partial charge in [0.15, 0.2) is 11.5 Å². The Morgan fingerprint density at radius 2 is 1.74 bits per heavy atom. The number of methoxy groups -OCH3 is 3. The van der Waals surface area contributed by atoms with Crippen LogP contribution in [0.4, 0.5) is 5.82 Å². The highest BCUT2D eigenvalue weighted by Crippen LogP contribution is 2.44. The van der Waals surface area contributed by atoms with Crippen molar-refractivity contribution in [3.8, 4) is 17.2 Å². The van der Waals surface area contributed by atoms with Crippen molar-refractivity contribution in [3.63, 3.8) is 0 Å². The van der Waals surface area contributed by atoms with Crippen LogP contribution in [0.3, 0.4) is 0 Å². The number of fused-ring (bicyclic) bond motifs is 1. The molecular formula is C16H21N3O4. The number of aliphatic hydroxyl groups excluding tert-OH is 1. The summed E-state index contributed by atoms with van der Waals surface area (Å²) in [6.07, 6.45) is 2.76. The van der Waals surface area contributed by atoms with Gasteiger partial charge in [0, 0.05) is 13.1 Å². The Labute approximate surface area is 134 Å². The Balaban J connectivity index is 2.17. The van der Waals surface area contributed by atoms with E-state index in [1.165, 1.54) is 6.33 Å². The first kappa shape index (κ1) is 15.6. The molecule has 0 spiro atoms. The number of hydrogen-bond donors (Lipinski definition) is 1. The van der Waals surface area contributed by atoms with Crippen molar-refractivity contribution >= 4 is 16.7 Å². The van der Waals surface area contributed by atoms with Crippen LogP contribution in [-0.4, -0.2) is 55.6 Å². The van der Waals surface area contributed by atoms with Crippen molar-refractivity contribution in [2.45, 2.75) is 18.9 Å². The summed E-state index contributed by atoms with van der Waals surface area (Å²) >= 11 is 0. The van der Waals surface area contributed by atoms with E-state index < -0.39 is 0 Å². The third-order valence-electron chi connectivity index (χ3n) is 4.18. The maximum atomic E-state index is 9.70. The van der Waals surface area contributed by atoms with E-state index in [1.807, 2.05) is 6.07 Å². The Morgan fingerprint density at radius 1 is 1.04 bits per heavy atom. The van der Waals surface area contributed by atoms with Gasteiger partial charge in [0.25, 0.3) is 0 Å². The molecule has 1 fully saturated rings. The quantitative estimate of drug-likeness (QED) is 0.917. The zero-order valence-corrected chi connectivity index (χ0v) is 13.6. The molecule has 3 rings (SSSR count). The average Bonchev–Trinajstić information content (AvgIpc) is 2.60. The molecular weight excluding hydrogens is 298 g/mol. The van der Waals surface area contributed by atoms with Gasteiger partial charge in [0.05, 0.1) is 32.8 Å². The monoisotopic (exact) mass is 319 g/mol. The second-order valence-electron chi connectivity index (χ2n) is 5.46. The lowest BCUT2D eigenvalue weighted by atomic mass is 10.1. The standard InChI is InChI=1S/C16H21N3O4/c1-21-12-8-11-13(15(23-3)14(12)22-2)17-9-18-16(11)19-6-4-10(20)5-7-19/h8-10,20H,4-7H2,1-3H3. The van der Waals surface area contributed by atoms with Crippen LogP contribution in [0.5, 0.6) is 17.2 Å². The predicted molar refractivity (Wildman–Crippen MR) is 86.6 cm³/mol. The van der Waals surface area contributed by atoms with Crippen molar-refractivity contribution in [3.05, 3.63) is 12.4 Å². The van der Waals surface area contributed by atoms with E-state index in [9.17, 15) is 5.11 Å². The molecule has 2 aromatic rings. The third kappa shape index (κ3) is 2.72. The van der Waals surface area contributed by atoms with E-state index in [0.717, 1.165) is 37.1 Å². The van der Waals surface area contributed by atoms with Gasteiger partial charge in [-0.25, -0.2) is 9.97 Å². The molecule has 0 radical (unpaired) electrons. The first-order chi connectivity index (χ1) is 11.2. The molecule has 0 bridgehead atoms. The summed E-state index contributed by atoms with van der Waals surface area (Å²) in [5, 5.41) is 10.5. The van der Waals surface area contributed by atoms with Crippen LogP contribution in [0.1, 0.15) is 12.8 Å². The minimum atomic E-state index is -0.233.